The van der Waals surface area contributed by atoms with E-state index in [1.165, 1.54) is 36.2 Å². The number of nitrogens with zero attached hydrogens (tertiary/aromatic N) is 2. The third-order valence-corrected chi connectivity index (χ3v) is 6.15. The number of hydrogen-bond acceptors (Lipinski definition) is 3. The van der Waals surface area contributed by atoms with E-state index in [1.807, 2.05) is 18.0 Å². The van der Waals surface area contributed by atoms with Crippen LogP contribution in [-0.2, 0) is 0 Å². The molecule has 4 heteroatoms. The zero-order valence-corrected chi connectivity index (χ0v) is 15.0. The van der Waals surface area contributed by atoms with Gasteiger partial charge in [0, 0.05) is 23.9 Å². The third kappa shape index (κ3) is 2.80. The van der Waals surface area contributed by atoms with E-state index in [0.29, 0.717) is 6.04 Å². The first kappa shape index (κ1) is 15.6. The maximum absolute atomic E-state index is 12.9. The molecule has 0 unspecified atom stereocenters. The van der Waals surface area contributed by atoms with Gasteiger partial charge in [-0.2, -0.15) is 0 Å². The molecular weight excluding hydrogens is 316 g/mol. The maximum atomic E-state index is 12.9. The van der Waals surface area contributed by atoms with Gasteiger partial charge in [0.05, 0.1) is 10.4 Å². The van der Waals surface area contributed by atoms with Gasteiger partial charge in [-0.05, 0) is 43.5 Å². The molecule has 124 valence electrons. The molecule has 4 rings (SSSR count). The molecule has 1 aliphatic carbocycles. The van der Waals surface area contributed by atoms with Crippen molar-refractivity contribution in [2.45, 2.75) is 45.1 Å². The Morgan fingerprint density at radius 1 is 1.12 bits per heavy atom. The Kier molecular flexibility index (Phi) is 4.01. The SMILES string of the molecule is Cc1ccc2cc3cc(C(=O)N(C)C4CCCCC4)sc3nc2c1. The summed E-state index contributed by atoms with van der Waals surface area (Å²) in [4.78, 5) is 21.3. The smallest absolute Gasteiger partial charge is 0.264 e. The maximum Gasteiger partial charge on any atom is 0.264 e. The van der Waals surface area contributed by atoms with E-state index in [-0.39, 0.29) is 5.91 Å². The summed E-state index contributed by atoms with van der Waals surface area (Å²) in [6, 6.07) is 10.9. The predicted molar refractivity (Wildman–Crippen MR) is 101 cm³/mol. The number of pyridine rings is 1. The van der Waals surface area contributed by atoms with Crippen LogP contribution < -0.4 is 0 Å². The molecule has 1 aliphatic rings. The highest BCUT2D eigenvalue weighted by atomic mass is 32.1. The second kappa shape index (κ2) is 6.17. The van der Waals surface area contributed by atoms with E-state index in [4.69, 9.17) is 4.98 Å². The quantitative estimate of drug-likeness (QED) is 0.646. The average Bonchev–Trinajstić information content (AvgIpc) is 3.02. The Bertz CT molecular complexity index is 909. The van der Waals surface area contributed by atoms with Crippen LogP contribution in [0, 0.1) is 6.92 Å². The van der Waals surface area contributed by atoms with Crippen molar-refractivity contribution in [3.05, 3.63) is 40.8 Å². The number of fused-ring (bicyclic) bond motifs is 2. The molecule has 0 saturated heterocycles. The van der Waals surface area contributed by atoms with Crippen molar-refractivity contribution in [1.82, 2.24) is 9.88 Å². The fraction of sp³-hybridized carbons (Fsp3) is 0.400. The molecule has 24 heavy (non-hydrogen) atoms. The van der Waals surface area contributed by atoms with Gasteiger partial charge in [-0.3, -0.25) is 4.79 Å². The predicted octanol–water partition coefficient (Wildman–Crippen LogP) is 5.16. The second-order valence-corrected chi connectivity index (χ2v) is 7.93. The number of hydrogen-bond donors (Lipinski definition) is 0. The molecule has 2 heterocycles. The molecular formula is C20H22N2OS. The van der Waals surface area contributed by atoms with Gasteiger partial charge < -0.3 is 4.90 Å². The minimum atomic E-state index is 0.144. The van der Waals surface area contributed by atoms with Gasteiger partial charge in [0.2, 0.25) is 0 Å². The van der Waals surface area contributed by atoms with E-state index in [9.17, 15) is 4.79 Å². The molecule has 1 aromatic carbocycles. The van der Waals surface area contributed by atoms with Gasteiger partial charge >= 0.3 is 0 Å². The number of benzene rings is 1. The first-order chi connectivity index (χ1) is 11.6. The molecule has 1 amide bonds. The number of aromatic nitrogens is 1. The fourth-order valence-electron chi connectivity index (χ4n) is 3.65. The second-order valence-electron chi connectivity index (χ2n) is 6.90. The van der Waals surface area contributed by atoms with E-state index in [2.05, 4.69) is 31.2 Å². The Hall–Kier alpha value is -1.94. The van der Waals surface area contributed by atoms with Crippen LogP contribution in [0.2, 0.25) is 0 Å². The number of aryl methyl sites for hydroxylation is 1. The first-order valence-electron chi connectivity index (χ1n) is 8.70. The normalized spacial score (nSPS) is 15.9. The number of thiophene rings is 1. The van der Waals surface area contributed by atoms with Gasteiger partial charge in [-0.15, -0.1) is 11.3 Å². The lowest BCUT2D eigenvalue weighted by Gasteiger charge is -2.30. The van der Waals surface area contributed by atoms with Crippen LogP contribution in [0.5, 0.6) is 0 Å². The van der Waals surface area contributed by atoms with E-state index < -0.39 is 0 Å². The van der Waals surface area contributed by atoms with Crippen LogP contribution >= 0.6 is 11.3 Å². The molecule has 1 saturated carbocycles. The standard InChI is InChI=1S/C20H22N2OS/c1-13-8-9-14-11-15-12-18(24-19(15)21-17(14)10-13)20(23)22(2)16-6-4-3-5-7-16/h8-12,16H,3-7H2,1-2H3. The summed E-state index contributed by atoms with van der Waals surface area (Å²) in [5.74, 6) is 0.144. The number of rotatable bonds is 2. The van der Waals surface area contributed by atoms with Crippen molar-refractivity contribution < 1.29 is 4.79 Å². The number of amides is 1. The zero-order chi connectivity index (χ0) is 16.7. The molecule has 0 radical (unpaired) electrons. The largest absolute Gasteiger partial charge is 0.338 e. The highest BCUT2D eigenvalue weighted by Gasteiger charge is 2.24. The lowest BCUT2D eigenvalue weighted by Crippen LogP contribution is -2.37. The Morgan fingerprint density at radius 2 is 1.92 bits per heavy atom. The monoisotopic (exact) mass is 338 g/mol. The van der Waals surface area contributed by atoms with Crippen molar-refractivity contribution in [2.75, 3.05) is 7.05 Å². The van der Waals surface area contributed by atoms with Crippen LogP contribution in [0.4, 0.5) is 0 Å². The lowest BCUT2D eigenvalue weighted by molar-refractivity contribution is 0.0701. The van der Waals surface area contributed by atoms with Crippen molar-refractivity contribution in [2.24, 2.45) is 0 Å². The molecule has 1 fully saturated rings. The van der Waals surface area contributed by atoms with E-state index in [1.54, 1.807) is 0 Å². The average molecular weight is 338 g/mol. The molecule has 0 spiro atoms. The van der Waals surface area contributed by atoms with E-state index >= 15 is 0 Å². The molecule has 0 atom stereocenters. The minimum Gasteiger partial charge on any atom is -0.338 e. The summed E-state index contributed by atoms with van der Waals surface area (Å²) in [6.45, 7) is 2.08. The van der Waals surface area contributed by atoms with Crippen LogP contribution in [0.25, 0.3) is 21.1 Å². The number of carbonyl (C=O) groups is 1. The summed E-state index contributed by atoms with van der Waals surface area (Å²) < 4.78 is 0. The number of carbonyl (C=O) groups excluding carboxylic acids is 1. The minimum absolute atomic E-state index is 0.144. The van der Waals surface area contributed by atoms with Crippen molar-refractivity contribution in [3.8, 4) is 0 Å². The van der Waals surface area contributed by atoms with Gasteiger partial charge in [0.25, 0.3) is 5.91 Å². The Morgan fingerprint density at radius 3 is 2.71 bits per heavy atom. The lowest BCUT2D eigenvalue weighted by atomic mass is 9.94. The van der Waals surface area contributed by atoms with Gasteiger partial charge in [0.15, 0.2) is 0 Å². The first-order valence-corrected chi connectivity index (χ1v) is 9.51. The summed E-state index contributed by atoms with van der Waals surface area (Å²) in [6.07, 6.45) is 6.04. The highest BCUT2D eigenvalue weighted by molar-refractivity contribution is 7.20. The molecule has 0 bridgehead atoms. The van der Waals surface area contributed by atoms with Crippen LogP contribution in [0.3, 0.4) is 0 Å². The van der Waals surface area contributed by atoms with Gasteiger partial charge in [-0.1, -0.05) is 31.4 Å². The fourth-order valence-corrected chi connectivity index (χ4v) is 4.65. The van der Waals surface area contributed by atoms with Gasteiger partial charge in [0.1, 0.15) is 4.83 Å². The van der Waals surface area contributed by atoms with Crippen molar-refractivity contribution in [3.63, 3.8) is 0 Å². The summed E-state index contributed by atoms with van der Waals surface area (Å²) in [5, 5.41) is 2.20. The van der Waals surface area contributed by atoms with Crippen LogP contribution in [0.15, 0.2) is 30.3 Å². The van der Waals surface area contributed by atoms with Gasteiger partial charge in [-0.25, -0.2) is 4.98 Å². The summed E-state index contributed by atoms with van der Waals surface area (Å²) in [7, 11) is 1.95. The van der Waals surface area contributed by atoms with E-state index in [0.717, 1.165) is 38.8 Å². The summed E-state index contributed by atoms with van der Waals surface area (Å²) >= 11 is 1.52. The molecule has 2 aromatic heterocycles. The zero-order valence-electron chi connectivity index (χ0n) is 14.2. The molecule has 0 N–H and O–H groups in total. The molecule has 3 nitrogen and oxygen atoms in total. The topological polar surface area (TPSA) is 33.2 Å². The van der Waals surface area contributed by atoms with Crippen LogP contribution in [-0.4, -0.2) is 28.9 Å². The Labute approximate surface area is 146 Å². The van der Waals surface area contributed by atoms with Crippen molar-refractivity contribution in [1.29, 1.82) is 0 Å². The molecule has 3 aromatic rings. The molecule has 0 aliphatic heterocycles. The third-order valence-electron chi connectivity index (χ3n) is 5.11. The highest BCUT2D eigenvalue weighted by Crippen LogP contribution is 2.30. The summed E-state index contributed by atoms with van der Waals surface area (Å²) in [5.41, 5.74) is 2.21. The van der Waals surface area contributed by atoms with Crippen molar-refractivity contribution >= 4 is 38.4 Å². The van der Waals surface area contributed by atoms with Crippen LogP contribution in [0.1, 0.15) is 47.3 Å². The Balaban J connectivity index is 1.68.